The molecule has 108 valence electrons. The lowest BCUT2D eigenvalue weighted by Crippen LogP contribution is -2.06. The van der Waals surface area contributed by atoms with E-state index < -0.39 is 10.9 Å². The number of benzene rings is 1. The van der Waals surface area contributed by atoms with E-state index in [0.717, 1.165) is 12.8 Å². The van der Waals surface area contributed by atoms with E-state index in [9.17, 15) is 14.9 Å². The van der Waals surface area contributed by atoms with Gasteiger partial charge in [0.25, 0.3) is 5.69 Å². The Morgan fingerprint density at radius 2 is 2.19 bits per heavy atom. The fourth-order valence-corrected chi connectivity index (χ4v) is 2.32. The van der Waals surface area contributed by atoms with E-state index >= 15 is 0 Å². The van der Waals surface area contributed by atoms with Crippen molar-refractivity contribution >= 4 is 23.3 Å². The second kappa shape index (κ2) is 4.81. The third-order valence-electron chi connectivity index (χ3n) is 3.24. The van der Waals surface area contributed by atoms with Gasteiger partial charge >= 0.3 is 5.97 Å². The number of hydrogen-bond donors (Lipinski definition) is 1. The summed E-state index contributed by atoms with van der Waals surface area (Å²) in [7, 11) is 0. The predicted octanol–water partition coefficient (Wildman–Crippen LogP) is 2.40. The number of carbonyl (C=O) groups is 1. The molecule has 0 saturated heterocycles. The van der Waals surface area contributed by atoms with Crippen molar-refractivity contribution in [3.05, 3.63) is 44.7 Å². The standard InChI is InChI=1S/C12H9ClN4O4/c13-8-4-3-7(17(20)21)5-9(8)16-11(6-1-2-6)10(12(18)19)14-15-16/h3-6H,1-2H2,(H,18,19). The van der Waals surface area contributed by atoms with Crippen LogP contribution in [0, 0.1) is 10.1 Å². The monoisotopic (exact) mass is 308 g/mol. The zero-order valence-electron chi connectivity index (χ0n) is 10.6. The quantitative estimate of drug-likeness (QED) is 0.685. The molecule has 2 aromatic rings. The van der Waals surface area contributed by atoms with E-state index in [0.29, 0.717) is 5.69 Å². The molecule has 0 atom stereocenters. The highest BCUT2D eigenvalue weighted by Crippen LogP contribution is 2.42. The average molecular weight is 309 g/mol. The van der Waals surface area contributed by atoms with E-state index in [4.69, 9.17) is 16.7 Å². The summed E-state index contributed by atoms with van der Waals surface area (Å²) in [5.41, 5.74) is 0.404. The van der Waals surface area contributed by atoms with Gasteiger partial charge in [-0.1, -0.05) is 16.8 Å². The Hall–Kier alpha value is -2.48. The molecule has 1 aromatic heterocycles. The third-order valence-corrected chi connectivity index (χ3v) is 3.56. The molecular weight excluding hydrogens is 300 g/mol. The number of non-ortho nitro benzene ring substituents is 1. The van der Waals surface area contributed by atoms with E-state index in [1.807, 2.05) is 0 Å². The van der Waals surface area contributed by atoms with Gasteiger partial charge in [0.05, 0.1) is 21.3 Å². The van der Waals surface area contributed by atoms with Crippen molar-refractivity contribution in [3.63, 3.8) is 0 Å². The van der Waals surface area contributed by atoms with Gasteiger partial charge < -0.3 is 5.11 Å². The van der Waals surface area contributed by atoms with Crippen molar-refractivity contribution in [2.75, 3.05) is 0 Å². The number of aromatic carboxylic acids is 1. The van der Waals surface area contributed by atoms with Crippen LogP contribution in [0.15, 0.2) is 18.2 Å². The molecule has 1 aromatic carbocycles. The molecule has 0 bridgehead atoms. The highest BCUT2D eigenvalue weighted by molar-refractivity contribution is 6.32. The van der Waals surface area contributed by atoms with Crippen LogP contribution in [-0.4, -0.2) is 31.0 Å². The largest absolute Gasteiger partial charge is 0.476 e. The van der Waals surface area contributed by atoms with Crippen LogP contribution in [0.1, 0.15) is 34.9 Å². The van der Waals surface area contributed by atoms with Gasteiger partial charge in [-0.3, -0.25) is 10.1 Å². The Bertz CT molecular complexity index is 754. The van der Waals surface area contributed by atoms with Crippen molar-refractivity contribution in [1.82, 2.24) is 15.0 Å². The molecule has 0 unspecified atom stereocenters. The minimum Gasteiger partial charge on any atom is -0.476 e. The molecule has 9 heteroatoms. The van der Waals surface area contributed by atoms with Crippen LogP contribution in [0.25, 0.3) is 5.69 Å². The molecule has 3 rings (SSSR count). The van der Waals surface area contributed by atoms with E-state index in [2.05, 4.69) is 10.3 Å². The van der Waals surface area contributed by atoms with Gasteiger partial charge in [-0.15, -0.1) is 5.10 Å². The Morgan fingerprint density at radius 3 is 2.76 bits per heavy atom. The van der Waals surface area contributed by atoms with Gasteiger partial charge in [0.1, 0.15) is 0 Å². The minimum absolute atomic E-state index is 0.0430. The zero-order valence-corrected chi connectivity index (χ0v) is 11.3. The summed E-state index contributed by atoms with van der Waals surface area (Å²) in [6.45, 7) is 0. The molecule has 21 heavy (non-hydrogen) atoms. The summed E-state index contributed by atoms with van der Waals surface area (Å²) in [6, 6.07) is 3.92. The Kier molecular flexibility index (Phi) is 3.09. The van der Waals surface area contributed by atoms with Crippen LogP contribution < -0.4 is 0 Å². The number of nitrogens with zero attached hydrogens (tertiary/aromatic N) is 4. The lowest BCUT2D eigenvalue weighted by atomic mass is 10.2. The lowest BCUT2D eigenvalue weighted by molar-refractivity contribution is -0.384. The molecule has 1 aliphatic rings. The first-order valence-electron chi connectivity index (χ1n) is 6.12. The number of halogens is 1. The van der Waals surface area contributed by atoms with Gasteiger partial charge in [-0.05, 0) is 18.9 Å². The van der Waals surface area contributed by atoms with Crippen molar-refractivity contribution in [3.8, 4) is 5.69 Å². The summed E-state index contributed by atoms with van der Waals surface area (Å²) in [5, 5.41) is 27.7. The van der Waals surface area contributed by atoms with Crippen LogP contribution in [-0.2, 0) is 0 Å². The molecular formula is C12H9ClN4O4. The summed E-state index contributed by atoms with van der Waals surface area (Å²) in [6.07, 6.45) is 1.67. The number of nitro groups is 1. The molecule has 1 heterocycles. The predicted molar refractivity (Wildman–Crippen MR) is 72.0 cm³/mol. The number of aromatic nitrogens is 3. The lowest BCUT2D eigenvalue weighted by Gasteiger charge is -2.07. The van der Waals surface area contributed by atoms with Crippen molar-refractivity contribution in [1.29, 1.82) is 0 Å². The molecule has 0 spiro atoms. The normalized spacial score (nSPS) is 14.1. The SMILES string of the molecule is O=C(O)c1nnn(-c2cc([N+](=O)[O-])ccc2Cl)c1C1CC1. The zero-order chi connectivity index (χ0) is 15.1. The summed E-state index contributed by atoms with van der Waals surface area (Å²) < 4.78 is 1.29. The van der Waals surface area contributed by atoms with Crippen LogP contribution >= 0.6 is 11.6 Å². The van der Waals surface area contributed by atoms with Crippen molar-refractivity contribution < 1.29 is 14.8 Å². The first-order chi connectivity index (χ1) is 9.99. The van der Waals surface area contributed by atoms with Crippen LogP contribution in [0.4, 0.5) is 5.69 Å². The highest BCUT2D eigenvalue weighted by Gasteiger charge is 2.34. The van der Waals surface area contributed by atoms with Crippen LogP contribution in [0.2, 0.25) is 5.02 Å². The molecule has 1 fully saturated rings. The maximum absolute atomic E-state index is 11.2. The Labute approximate surface area is 123 Å². The molecule has 8 nitrogen and oxygen atoms in total. The molecule has 0 radical (unpaired) electrons. The summed E-state index contributed by atoms with van der Waals surface area (Å²) in [5.74, 6) is -1.13. The molecule has 0 aliphatic heterocycles. The summed E-state index contributed by atoms with van der Waals surface area (Å²) >= 11 is 6.06. The third kappa shape index (κ3) is 2.33. The Balaban J connectivity index is 2.19. The van der Waals surface area contributed by atoms with E-state index in [-0.39, 0.29) is 28.0 Å². The maximum Gasteiger partial charge on any atom is 0.358 e. The second-order valence-electron chi connectivity index (χ2n) is 4.71. The minimum atomic E-state index is -1.18. The number of carboxylic acids is 1. The van der Waals surface area contributed by atoms with E-state index in [1.165, 1.54) is 22.9 Å². The molecule has 1 N–H and O–H groups in total. The van der Waals surface area contributed by atoms with Gasteiger partial charge in [0.15, 0.2) is 5.69 Å². The van der Waals surface area contributed by atoms with Gasteiger partial charge in [-0.2, -0.15) is 0 Å². The smallest absolute Gasteiger partial charge is 0.358 e. The first-order valence-corrected chi connectivity index (χ1v) is 6.50. The van der Waals surface area contributed by atoms with Gasteiger partial charge in [0.2, 0.25) is 0 Å². The number of carboxylic acid groups (broad SMARTS) is 1. The average Bonchev–Trinajstić information content (AvgIpc) is 3.17. The van der Waals surface area contributed by atoms with Crippen LogP contribution in [0.5, 0.6) is 0 Å². The topological polar surface area (TPSA) is 111 Å². The van der Waals surface area contributed by atoms with Crippen molar-refractivity contribution in [2.24, 2.45) is 0 Å². The fourth-order valence-electron chi connectivity index (χ4n) is 2.12. The molecule has 1 aliphatic carbocycles. The van der Waals surface area contributed by atoms with Crippen LogP contribution in [0.3, 0.4) is 0 Å². The van der Waals surface area contributed by atoms with E-state index in [1.54, 1.807) is 0 Å². The number of rotatable bonds is 4. The maximum atomic E-state index is 11.2. The van der Waals surface area contributed by atoms with Gasteiger partial charge in [0, 0.05) is 18.1 Å². The molecule has 0 amide bonds. The highest BCUT2D eigenvalue weighted by atomic mass is 35.5. The fraction of sp³-hybridized carbons (Fsp3) is 0.250. The number of hydrogen-bond acceptors (Lipinski definition) is 5. The molecule has 1 saturated carbocycles. The first kappa shape index (κ1) is 13.5. The summed E-state index contributed by atoms with van der Waals surface area (Å²) in [4.78, 5) is 21.5. The second-order valence-corrected chi connectivity index (χ2v) is 5.11. The Morgan fingerprint density at radius 1 is 1.48 bits per heavy atom. The van der Waals surface area contributed by atoms with Crippen molar-refractivity contribution in [2.45, 2.75) is 18.8 Å². The van der Waals surface area contributed by atoms with Gasteiger partial charge in [-0.25, -0.2) is 9.48 Å². The number of nitro benzene ring substituents is 1.